The highest BCUT2D eigenvalue weighted by Gasteiger charge is 2.32. The number of ether oxygens (including phenoxy) is 1. The monoisotopic (exact) mass is 339 g/mol. The minimum absolute atomic E-state index is 0.121. The molecule has 1 aromatic heterocycles. The molecule has 1 aliphatic rings. The van der Waals surface area contributed by atoms with Crippen LogP contribution in [0.2, 0.25) is 5.15 Å². The van der Waals surface area contributed by atoms with E-state index in [0.717, 1.165) is 0 Å². The van der Waals surface area contributed by atoms with E-state index in [0.29, 0.717) is 25.3 Å². The average molecular weight is 340 g/mol. The molecule has 0 unspecified atom stereocenters. The minimum Gasteiger partial charge on any atom is -0.444 e. The number of pyridine rings is 1. The van der Waals surface area contributed by atoms with Crippen LogP contribution in [0.5, 0.6) is 0 Å². The Balaban J connectivity index is 2.01. The highest BCUT2D eigenvalue weighted by Crippen LogP contribution is 2.17. The fraction of sp³-hybridized carbons (Fsp3) is 0.562. The van der Waals surface area contributed by atoms with Gasteiger partial charge in [0.25, 0.3) is 5.91 Å². The first kappa shape index (κ1) is 17.5. The van der Waals surface area contributed by atoms with Crippen LogP contribution in [0.3, 0.4) is 0 Å². The summed E-state index contributed by atoms with van der Waals surface area (Å²) in [5.74, 6) is -0.177. The molecular weight excluding hydrogens is 318 g/mol. The lowest BCUT2D eigenvalue weighted by Crippen LogP contribution is -2.56. The van der Waals surface area contributed by atoms with Crippen molar-refractivity contribution in [2.75, 3.05) is 19.6 Å². The molecule has 1 aliphatic heterocycles. The smallest absolute Gasteiger partial charge is 0.410 e. The molecule has 2 heterocycles. The zero-order chi connectivity index (χ0) is 17.2. The molecule has 0 spiro atoms. The van der Waals surface area contributed by atoms with Crippen LogP contribution in [-0.4, -0.2) is 58.1 Å². The van der Waals surface area contributed by atoms with Gasteiger partial charge in [-0.05, 0) is 39.8 Å². The Labute approximate surface area is 141 Å². The van der Waals surface area contributed by atoms with Crippen molar-refractivity contribution in [2.24, 2.45) is 0 Å². The van der Waals surface area contributed by atoms with E-state index in [2.05, 4.69) is 4.98 Å². The van der Waals surface area contributed by atoms with Crippen LogP contribution in [0.15, 0.2) is 18.2 Å². The predicted octanol–water partition coefficient (Wildman–Crippen LogP) is 2.82. The van der Waals surface area contributed by atoms with E-state index < -0.39 is 5.60 Å². The second-order valence-corrected chi connectivity index (χ2v) is 7.01. The second kappa shape index (κ2) is 6.74. The number of halogens is 1. The first-order chi connectivity index (χ1) is 10.7. The fourth-order valence-electron chi connectivity index (χ4n) is 2.43. The Morgan fingerprint density at radius 3 is 2.57 bits per heavy atom. The molecular formula is C16H22ClN3O3. The van der Waals surface area contributed by atoms with E-state index >= 15 is 0 Å². The molecule has 23 heavy (non-hydrogen) atoms. The third kappa shape index (κ3) is 4.58. The van der Waals surface area contributed by atoms with Crippen LogP contribution in [0, 0.1) is 0 Å². The zero-order valence-electron chi connectivity index (χ0n) is 13.9. The first-order valence-electron chi connectivity index (χ1n) is 7.59. The Bertz CT molecular complexity index is 600. The van der Waals surface area contributed by atoms with Gasteiger partial charge in [-0.15, -0.1) is 0 Å². The number of hydrogen-bond donors (Lipinski definition) is 0. The molecule has 1 saturated heterocycles. The zero-order valence-corrected chi connectivity index (χ0v) is 14.6. The van der Waals surface area contributed by atoms with Crippen molar-refractivity contribution in [1.29, 1.82) is 0 Å². The van der Waals surface area contributed by atoms with Gasteiger partial charge < -0.3 is 14.5 Å². The normalized spacial score (nSPS) is 18.7. The number of hydrogen-bond acceptors (Lipinski definition) is 4. The summed E-state index contributed by atoms with van der Waals surface area (Å²) in [5, 5.41) is 0.288. The van der Waals surface area contributed by atoms with Crippen molar-refractivity contribution in [2.45, 2.75) is 39.3 Å². The van der Waals surface area contributed by atoms with Crippen molar-refractivity contribution in [1.82, 2.24) is 14.8 Å². The summed E-state index contributed by atoms with van der Waals surface area (Å²) in [6.07, 6.45) is -0.350. The summed E-state index contributed by atoms with van der Waals surface area (Å²) in [7, 11) is 0. The third-order valence-electron chi connectivity index (χ3n) is 3.47. The Hall–Kier alpha value is -1.82. The number of piperazine rings is 1. The van der Waals surface area contributed by atoms with Crippen molar-refractivity contribution in [3.63, 3.8) is 0 Å². The number of aromatic nitrogens is 1. The van der Waals surface area contributed by atoms with Crippen molar-refractivity contribution in [3.05, 3.63) is 29.0 Å². The summed E-state index contributed by atoms with van der Waals surface area (Å²) < 4.78 is 5.38. The van der Waals surface area contributed by atoms with E-state index in [1.54, 1.807) is 28.0 Å². The van der Waals surface area contributed by atoms with Gasteiger partial charge in [0.15, 0.2) is 0 Å². The van der Waals surface area contributed by atoms with Crippen LogP contribution in [-0.2, 0) is 4.74 Å². The maximum atomic E-state index is 12.5. The standard InChI is InChI=1S/C16H22ClN3O3/c1-11-10-19(15(22)23-16(2,3)4)8-9-20(11)14(21)12-6-5-7-13(17)18-12/h5-7,11H,8-10H2,1-4H3/t11-/m0/s1. The molecule has 0 saturated carbocycles. The maximum Gasteiger partial charge on any atom is 0.410 e. The summed E-state index contributed by atoms with van der Waals surface area (Å²) in [5.41, 5.74) is -0.215. The Morgan fingerprint density at radius 2 is 2.00 bits per heavy atom. The molecule has 0 bridgehead atoms. The van der Waals surface area contributed by atoms with Gasteiger partial charge in [-0.2, -0.15) is 0 Å². The van der Waals surface area contributed by atoms with E-state index in [-0.39, 0.29) is 23.2 Å². The lowest BCUT2D eigenvalue weighted by atomic mass is 10.1. The molecule has 2 amide bonds. The van der Waals surface area contributed by atoms with E-state index in [1.165, 1.54) is 0 Å². The summed E-state index contributed by atoms with van der Waals surface area (Å²) in [6, 6.07) is 4.85. The van der Waals surface area contributed by atoms with Crippen molar-refractivity contribution >= 4 is 23.6 Å². The van der Waals surface area contributed by atoms with Crippen molar-refractivity contribution < 1.29 is 14.3 Å². The molecule has 0 radical (unpaired) electrons. The minimum atomic E-state index is -0.530. The van der Waals surface area contributed by atoms with Crippen LogP contribution in [0.25, 0.3) is 0 Å². The maximum absolute atomic E-state index is 12.5. The van der Waals surface area contributed by atoms with Gasteiger partial charge in [0.1, 0.15) is 16.4 Å². The van der Waals surface area contributed by atoms with Gasteiger partial charge in [0.05, 0.1) is 0 Å². The lowest BCUT2D eigenvalue weighted by Gasteiger charge is -2.40. The topological polar surface area (TPSA) is 62.7 Å². The number of amides is 2. The van der Waals surface area contributed by atoms with Crippen LogP contribution >= 0.6 is 11.6 Å². The molecule has 1 atom stereocenters. The quantitative estimate of drug-likeness (QED) is 0.738. The molecule has 0 aliphatic carbocycles. The molecule has 2 rings (SSSR count). The highest BCUT2D eigenvalue weighted by molar-refractivity contribution is 6.29. The van der Waals surface area contributed by atoms with Crippen LogP contribution in [0.4, 0.5) is 4.79 Å². The van der Waals surface area contributed by atoms with Crippen LogP contribution in [0.1, 0.15) is 38.2 Å². The number of carbonyl (C=O) groups is 2. The van der Waals surface area contributed by atoms with Crippen LogP contribution < -0.4 is 0 Å². The predicted molar refractivity (Wildman–Crippen MR) is 87.6 cm³/mol. The highest BCUT2D eigenvalue weighted by atomic mass is 35.5. The molecule has 0 N–H and O–H groups in total. The van der Waals surface area contributed by atoms with Gasteiger partial charge in [-0.3, -0.25) is 4.79 Å². The SMILES string of the molecule is C[C@H]1CN(C(=O)OC(C)(C)C)CCN1C(=O)c1cccc(Cl)n1. The lowest BCUT2D eigenvalue weighted by molar-refractivity contribution is 0.00606. The van der Waals surface area contributed by atoms with Crippen molar-refractivity contribution in [3.8, 4) is 0 Å². The van der Waals surface area contributed by atoms with E-state index in [4.69, 9.17) is 16.3 Å². The molecule has 126 valence electrons. The largest absolute Gasteiger partial charge is 0.444 e. The van der Waals surface area contributed by atoms with E-state index in [9.17, 15) is 9.59 Å². The molecule has 6 nitrogen and oxygen atoms in total. The average Bonchev–Trinajstić information content (AvgIpc) is 2.44. The Morgan fingerprint density at radius 1 is 1.30 bits per heavy atom. The molecule has 7 heteroatoms. The third-order valence-corrected chi connectivity index (χ3v) is 3.68. The number of rotatable bonds is 1. The summed E-state index contributed by atoms with van der Waals surface area (Å²) >= 11 is 5.84. The van der Waals surface area contributed by atoms with Gasteiger partial charge in [-0.1, -0.05) is 17.7 Å². The number of carbonyl (C=O) groups excluding carboxylic acids is 2. The molecule has 1 fully saturated rings. The fourth-order valence-corrected chi connectivity index (χ4v) is 2.59. The van der Waals surface area contributed by atoms with Gasteiger partial charge in [-0.25, -0.2) is 9.78 Å². The van der Waals surface area contributed by atoms with Gasteiger partial charge >= 0.3 is 6.09 Å². The molecule has 0 aromatic carbocycles. The van der Waals surface area contributed by atoms with E-state index in [1.807, 2.05) is 27.7 Å². The van der Waals surface area contributed by atoms with Gasteiger partial charge in [0, 0.05) is 25.7 Å². The first-order valence-corrected chi connectivity index (χ1v) is 7.96. The second-order valence-electron chi connectivity index (χ2n) is 6.62. The van der Waals surface area contributed by atoms with Gasteiger partial charge in [0.2, 0.25) is 0 Å². The molecule has 1 aromatic rings. The summed E-state index contributed by atoms with van der Waals surface area (Å²) in [6.45, 7) is 8.70. The Kier molecular flexibility index (Phi) is 5.14. The summed E-state index contributed by atoms with van der Waals surface area (Å²) in [4.78, 5) is 32.1. The number of nitrogens with zero attached hydrogens (tertiary/aromatic N) is 3.